The van der Waals surface area contributed by atoms with E-state index in [0.29, 0.717) is 17.9 Å². The van der Waals surface area contributed by atoms with Crippen LogP contribution in [0.4, 0.5) is 13.2 Å². The second-order valence-corrected chi connectivity index (χ2v) is 7.36. The zero-order chi connectivity index (χ0) is 21.1. The van der Waals surface area contributed by atoms with Crippen LogP contribution in [0, 0.1) is 0 Å². The molecule has 0 fully saturated rings. The minimum atomic E-state index is -4.35. The van der Waals surface area contributed by atoms with Gasteiger partial charge in [0.2, 0.25) is 0 Å². The normalized spacial score (nSPS) is 14.8. The Hall–Kier alpha value is -2.93. The van der Waals surface area contributed by atoms with Crippen LogP contribution in [0.1, 0.15) is 22.4 Å². The number of halogens is 3. The molecule has 0 bridgehead atoms. The van der Waals surface area contributed by atoms with E-state index >= 15 is 0 Å². The molecule has 0 N–H and O–H groups in total. The van der Waals surface area contributed by atoms with Crippen molar-refractivity contribution in [3.8, 4) is 17.1 Å². The molecular weight excluding hydrogens is 391 g/mol. The Kier molecular flexibility index (Phi) is 5.72. The maximum Gasteiger partial charge on any atom is 0.416 e. The summed E-state index contributed by atoms with van der Waals surface area (Å²) in [5, 5.41) is 0. The number of nitrogens with zero attached hydrogens (tertiary/aromatic N) is 3. The van der Waals surface area contributed by atoms with Crippen LogP contribution in [0.15, 0.2) is 54.7 Å². The molecule has 1 aromatic heterocycles. The third-order valence-corrected chi connectivity index (χ3v) is 5.38. The Labute approximate surface area is 173 Å². The van der Waals surface area contributed by atoms with E-state index in [-0.39, 0.29) is 0 Å². The molecule has 0 spiro atoms. The van der Waals surface area contributed by atoms with E-state index in [9.17, 15) is 13.2 Å². The fourth-order valence-corrected chi connectivity index (χ4v) is 3.69. The molecule has 0 atom stereocenters. The van der Waals surface area contributed by atoms with Crippen molar-refractivity contribution in [2.45, 2.75) is 25.6 Å². The second-order valence-electron chi connectivity index (χ2n) is 7.36. The topological polar surface area (TPSA) is 38.2 Å². The van der Waals surface area contributed by atoms with Crippen molar-refractivity contribution >= 4 is 0 Å². The lowest BCUT2D eigenvalue weighted by atomic mass is 10.0. The molecule has 4 nitrogen and oxygen atoms in total. The van der Waals surface area contributed by atoms with Gasteiger partial charge in [0.15, 0.2) is 5.82 Å². The SMILES string of the molecule is COc1ccc2c(c1)CCN(Cc1ccnc(-c3ccc(C(F)(F)F)cc3)n1)CC2. The van der Waals surface area contributed by atoms with Crippen molar-refractivity contribution in [1.82, 2.24) is 14.9 Å². The van der Waals surface area contributed by atoms with E-state index in [0.717, 1.165) is 49.5 Å². The van der Waals surface area contributed by atoms with Crippen LogP contribution >= 0.6 is 0 Å². The van der Waals surface area contributed by atoms with Crippen molar-refractivity contribution in [2.24, 2.45) is 0 Å². The number of hydrogen-bond acceptors (Lipinski definition) is 4. The molecule has 0 radical (unpaired) electrons. The molecule has 7 heteroatoms. The van der Waals surface area contributed by atoms with E-state index in [4.69, 9.17) is 4.74 Å². The lowest BCUT2D eigenvalue weighted by Crippen LogP contribution is -2.26. The lowest BCUT2D eigenvalue weighted by molar-refractivity contribution is -0.137. The van der Waals surface area contributed by atoms with Crippen LogP contribution in [0.25, 0.3) is 11.4 Å². The van der Waals surface area contributed by atoms with Gasteiger partial charge < -0.3 is 4.74 Å². The first-order chi connectivity index (χ1) is 14.4. The van der Waals surface area contributed by atoms with Gasteiger partial charge in [0.1, 0.15) is 5.75 Å². The number of benzene rings is 2. The molecule has 1 aliphatic heterocycles. The third-order valence-electron chi connectivity index (χ3n) is 5.38. The highest BCUT2D eigenvalue weighted by molar-refractivity contribution is 5.55. The summed E-state index contributed by atoms with van der Waals surface area (Å²) in [6.45, 7) is 2.49. The van der Waals surface area contributed by atoms with E-state index in [1.54, 1.807) is 13.3 Å². The minimum Gasteiger partial charge on any atom is -0.497 e. The highest BCUT2D eigenvalue weighted by Crippen LogP contribution is 2.30. The fraction of sp³-hybridized carbons (Fsp3) is 0.304. The van der Waals surface area contributed by atoms with Gasteiger partial charge in [-0.05, 0) is 54.3 Å². The molecule has 2 aromatic carbocycles. The van der Waals surface area contributed by atoms with Crippen molar-refractivity contribution in [1.29, 1.82) is 0 Å². The molecule has 0 unspecified atom stereocenters. The van der Waals surface area contributed by atoms with Gasteiger partial charge >= 0.3 is 6.18 Å². The fourth-order valence-electron chi connectivity index (χ4n) is 3.69. The number of fused-ring (bicyclic) bond motifs is 1. The minimum absolute atomic E-state index is 0.434. The second kappa shape index (κ2) is 8.44. The van der Waals surface area contributed by atoms with E-state index in [2.05, 4.69) is 27.0 Å². The number of aromatic nitrogens is 2. The standard InChI is InChI=1S/C23H22F3N3O/c1-30-21-7-4-16-9-12-29(13-10-18(16)14-21)15-20-8-11-27-22(28-20)17-2-5-19(6-3-17)23(24,25)26/h2-8,11,14H,9-10,12-13,15H2,1H3. The number of rotatable bonds is 4. The van der Waals surface area contributed by atoms with Crippen LogP contribution in [-0.4, -0.2) is 35.1 Å². The average Bonchev–Trinajstić information content (AvgIpc) is 2.95. The number of hydrogen-bond donors (Lipinski definition) is 0. The monoisotopic (exact) mass is 413 g/mol. The Bertz CT molecular complexity index is 1020. The summed E-state index contributed by atoms with van der Waals surface area (Å²) in [7, 11) is 1.67. The van der Waals surface area contributed by atoms with Gasteiger partial charge in [-0.25, -0.2) is 9.97 Å². The molecule has 156 valence electrons. The predicted molar refractivity (Wildman–Crippen MR) is 108 cm³/mol. The van der Waals surface area contributed by atoms with Gasteiger partial charge in [0.05, 0.1) is 18.4 Å². The van der Waals surface area contributed by atoms with Gasteiger partial charge in [-0.1, -0.05) is 18.2 Å². The quantitative estimate of drug-likeness (QED) is 0.618. The largest absolute Gasteiger partial charge is 0.497 e. The first kappa shape index (κ1) is 20.3. The first-order valence-corrected chi connectivity index (χ1v) is 9.80. The van der Waals surface area contributed by atoms with Crippen molar-refractivity contribution in [2.75, 3.05) is 20.2 Å². The van der Waals surface area contributed by atoms with Crippen LogP contribution in [0.2, 0.25) is 0 Å². The Morgan fingerprint density at radius 3 is 2.40 bits per heavy atom. The predicted octanol–water partition coefficient (Wildman–Crippen LogP) is 4.77. The maximum absolute atomic E-state index is 12.8. The summed E-state index contributed by atoms with van der Waals surface area (Å²) in [5.41, 5.74) is 3.39. The molecular formula is C23H22F3N3O. The van der Waals surface area contributed by atoms with Gasteiger partial charge in [-0.15, -0.1) is 0 Å². The van der Waals surface area contributed by atoms with Crippen LogP contribution < -0.4 is 4.74 Å². The summed E-state index contributed by atoms with van der Waals surface area (Å²) >= 11 is 0. The molecule has 1 aliphatic rings. The lowest BCUT2D eigenvalue weighted by Gasteiger charge is -2.19. The zero-order valence-electron chi connectivity index (χ0n) is 16.6. The highest BCUT2D eigenvalue weighted by Gasteiger charge is 2.30. The molecule has 2 heterocycles. The molecule has 4 rings (SSSR count). The highest BCUT2D eigenvalue weighted by atomic mass is 19.4. The molecule has 0 amide bonds. The summed E-state index contributed by atoms with van der Waals surface area (Å²) in [6, 6.07) is 13.0. The Morgan fingerprint density at radius 1 is 0.967 bits per heavy atom. The summed E-state index contributed by atoms with van der Waals surface area (Å²) in [4.78, 5) is 11.2. The van der Waals surface area contributed by atoms with Crippen LogP contribution in [-0.2, 0) is 25.6 Å². The van der Waals surface area contributed by atoms with Crippen molar-refractivity contribution in [3.63, 3.8) is 0 Å². The molecule has 30 heavy (non-hydrogen) atoms. The van der Waals surface area contributed by atoms with E-state index < -0.39 is 11.7 Å². The van der Waals surface area contributed by atoms with Gasteiger partial charge in [-0.2, -0.15) is 13.2 Å². The van der Waals surface area contributed by atoms with Crippen LogP contribution in [0.5, 0.6) is 5.75 Å². The summed E-state index contributed by atoms with van der Waals surface area (Å²) in [5.74, 6) is 1.31. The maximum atomic E-state index is 12.8. The number of ether oxygens (including phenoxy) is 1. The van der Waals surface area contributed by atoms with Crippen molar-refractivity contribution < 1.29 is 17.9 Å². The van der Waals surface area contributed by atoms with Crippen molar-refractivity contribution in [3.05, 3.63) is 77.1 Å². The first-order valence-electron chi connectivity index (χ1n) is 9.80. The third kappa shape index (κ3) is 4.62. The molecule has 0 saturated carbocycles. The Balaban J connectivity index is 1.46. The average molecular weight is 413 g/mol. The molecule has 0 saturated heterocycles. The summed E-state index contributed by atoms with van der Waals surface area (Å²) in [6.07, 6.45) is -0.804. The van der Waals surface area contributed by atoms with E-state index in [1.165, 1.54) is 23.3 Å². The van der Waals surface area contributed by atoms with Crippen LogP contribution in [0.3, 0.4) is 0 Å². The summed E-state index contributed by atoms with van der Waals surface area (Å²) < 4.78 is 43.7. The smallest absolute Gasteiger partial charge is 0.416 e. The number of alkyl halides is 3. The molecule has 0 aliphatic carbocycles. The van der Waals surface area contributed by atoms with Gasteiger partial charge in [-0.3, -0.25) is 4.90 Å². The van der Waals surface area contributed by atoms with Gasteiger partial charge in [0.25, 0.3) is 0 Å². The number of methoxy groups -OCH3 is 1. The molecule has 3 aromatic rings. The van der Waals surface area contributed by atoms with E-state index in [1.807, 2.05) is 12.1 Å². The zero-order valence-corrected chi connectivity index (χ0v) is 16.6. The Morgan fingerprint density at radius 2 is 1.70 bits per heavy atom. The van der Waals surface area contributed by atoms with Gasteiger partial charge in [0, 0.05) is 31.4 Å².